The number of rotatable bonds is 2. The smallest absolute Gasteiger partial charge is 0.415 e. The zero-order chi connectivity index (χ0) is 13.6. The van der Waals surface area contributed by atoms with E-state index in [0.717, 1.165) is 40.8 Å². The summed E-state index contributed by atoms with van der Waals surface area (Å²) in [6.45, 7) is 0. The fourth-order valence-corrected chi connectivity index (χ4v) is 3.92. The fourth-order valence-electron chi connectivity index (χ4n) is 2.75. The van der Waals surface area contributed by atoms with Crippen molar-refractivity contribution in [3.8, 4) is 0 Å². The first kappa shape index (κ1) is 12.8. The second-order valence-electron chi connectivity index (χ2n) is 4.57. The Morgan fingerprint density at radius 2 is 2.21 bits per heavy atom. The lowest BCUT2D eigenvalue weighted by Gasteiger charge is -2.17. The molecule has 0 radical (unpaired) electrons. The minimum Gasteiger partial charge on any atom is -0.431 e. The second-order valence-corrected chi connectivity index (χ2v) is 5.79. The van der Waals surface area contributed by atoms with Gasteiger partial charge in [-0.15, -0.1) is 11.8 Å². The normalized spacial score (nSPS) is 21.3. The van der Waals surface area contributed by atoms with Crippen LogP contribution in [-0.4, -0.2) is 18.3 Å². The fraction of sp³-hybridized carbons (Fsp3) is 0.385. The highest BCUT2D eigenvalue weighted by molar-refractivity contribution is 7.98. The predicted octanol–water partition coefficient (Wildman–Crippen LogP) is 2.86. The molecule has 1 fully saturated rings. The van der Waals surface area contributed by atoms with Gasteiger partial charge in [-0.25, -0.2) is 4.79 Å². The van der Waals surface area contributed by atoms with E-state index in [2.05, 4.69) is 5.32 Å². The summed E-state index contributed by atoms with van der Waals surface area (Å²) >= 11 is 7.76. The maximum absolute atomic E-state index is 11.9. The van der Waals surface area contributed by atoms with Crippen LogP contribution in [0.4, 0.5) is 4.79 Å². The van der Waals surface area contributed by atoms with Crippen LogP contribution in [0.1, 0.15) is 29.2 Å². The molecule has 0 bridgehead atoms. The molecule has 1 N–H and O–H groups in total. The van der Waals surface area contributed by atoms with Gasteiger partial charge < -0.3 is 4.74 Å². The van der Waals surface area contributed by atoms with Gasteiger partial charge in [-0.3, -0.25) is 10.1 Å². The Bertz CT molecular complexity index is 584. The number of nitrogens with one attached hydrogen (secondary N) is 1. The zero-order valence-corrected chi connectivity index (χ0v) is 11.9. The molecule has 0 aromatic heterocycles. The number of cyclic esters (lactones) is 1. The molecule has 2 amide bonds. The lowest BCUT2D eigenvalue weighted by molar-refractivity contribution is -0.123. The second kappa shape index (κ2) is 4.72. The number of fused-ring (bicyclic) bond motifs is 1. The molecular weight excluding hydrogens is 286 g/mol. The van der Waals surface area contributed by atoms with Crippen molar-refractivity contribution in [2.45, 2.75) is 30.3 Å². The molecule has 1 saturated heterocycles. The monoisotopic (exact) mass is 297 g/mol. The van der Waals surface area contributed by atoms with Crippen LogP contribution < -0.4 is 5.32 Å². The first-order chi connectivity index (χ1) is 9.11. The molecule has 4 nitrogen and oxygen atoms in total. The van der Waals surface area contributed by atoms with Crippen molar-refractivity contribution in [1.82, 2.24) is 5.32 Å². The Balaban J connectivity index is 2.19. The number of benzene rings is 1. The first-order valence-electron chi connectivity index (χ1n) is 6.01. The van der Waals surface area contributed by atoms with Crippen LogP contribution in [0.15, 0.2) is 11.0 Å². The molecule has 1 atom stereocenters. The van der Waals surface area contributed by atoms with Crippen LogP contribution in [-0.2, 0) is 22.4 Å². The van der Waals surface area contributed by atoms with Gasteiger partial charge in [0.1, 0.15) is 0 Å². The molecule has 1 aliphatic heterocycles. The maximum Gasteiger partial charge on any atom is 0.415 e. The van der Waals surface area contributed by atoms with Crippen molar-refractivity contribution < 1.29 is 14.3 Å². The minimum absolute atomic E-state index is 0.406. The Morgan fingerprint density at radius 3 is 2.84 bits per heavy atom. The standard InChI is InChI=1S/C13H12ClNO3S/c1-19-11-8(14)5-6-3-2-4-7(6)9(11)10-12(16)15-13(17)18-10/h5,10H,2-4H2,1H3,(H,15,16,17). The van der Waals surface area contributed by atoms with Gasteiger partial charge in [0.15, 0.2) is 0 Å². The number of carbonyl (C=O) groups excluding carboxylic acids is 2. The quantitative estimate of drug-likeness (QED) is 0.853. The lowest BCUT2D eigenvalue weighted by atomic mass is 9.98. The van der Waals surface area contributed by atoms with Crippen molar-refractivity contribution in [3.05, 3.63) is 27.8 Å². The number of ether oxygens (including phenoxy) is 1. The number of carbonyl (C=O) groups is 2. The Hall–Kier alpha value is -1.20. The third-order valence-electron chi connectivity index (χ3n) is 3.50. The average Bonchev–Trinajstić information content (AvgIpc) is 2.93. The van der Waals surface area contributed by atoms with Gasteiger partial charge in [-0.2, -0.15) is 0 Å². The summed E-state index contributed by atoms with van der Waals surface area (Å²) in [5, 5.41) is 2.80. The predicted molar refractivity (Wildman–Crippen MR) is 72.6 cm³/mol. The molecule has 6 heteroatoms. The van der Waals surface area contributed by atoms with Gasteiger partial charge in [-0.05, 0) is 42.7 Å². The molecule has 100 valence electrons. The number of aryl methyl sites for hydroxylation is 1. The molecule has 3 rings (SSSR count). The third kappa shape index (κ3) is 2.01. The summed E-state index contributed by atoms with van der Waals surface area (Å²) in [7, 11) is 0. The largest absolute Gasteiger partial charge is 0.431 e. The molecule has 19 heavy (non-hydrogen) atoms. The van der Waals surface area contributed by atoms with Crippen LogP contribution in [0, 0.1) is 0 Å². The lowest BCUT2D eigenvalue weighted by Crippen LogP contribution is -2.21. The minimum atomic E-state index is -0.861. The molecule has 1 heterocycles. The molecular formula is C13H12ClNO3S. The Kier molecular flexibility index (Phi) is 3.19. The molecule has 1 aliphatic carbocycles. The average molecular weight is 298 g/mol. The van der Waals surface area contributed by atoms with Gasteiger partial charge in [0.2, 0.25) is 6.10 Å². The van der Waals surface area contributed by atoms with E-state index in [9.17, 15) is 9.59 Å². The van der Waals surface area contributed by atoms with E-state index in [-0.39, 0.29) is 0 Å². The van der Waals surface area contributed by atoms with Crippen LogP contribution >= 0.6 is 23.4 Å². The van der Waals surface area contributed by atoms with E-state index in [4.69, 9.17) is 16.3 Å². The van der Waals surface area contributed by atoms with Gasteiger partial charge in [0.05, 0.1) is 5.02 Å². The van der Waals surface area contributed by atoms with Crippen molar-refractivity contribution in [2.75, 3.05) is 6.26 Å². The van der Waals surface area contributed by atoms with E-state index in [0.29, 0.717) is 5.02 Å². The van der Waals surface area contributed by atoms with Gasteiger partial charge in [0.25, 0.3) is 5.91 Å². The summed E-state index contributed by atoms with van der Waals surface area (Å²) < 4.78 is 5.11. The number of hydrogen-bond acceptors (Lipinski definition) is 4. The highest BCUT2D eigenvalue weighted by Crippen LogP contribution is 2.42. The topological polar surface area (TPSA) is 55.4 Å². The van der Waals surface area contributed by atoms with Crippen LogP contribution in [0.2, 0.25) is 5.02 Å². The molecule has 1 aromatic rings. The van der Waals surface area contributed by atoms with Gasteiger partial charge in [0, 0.05) is 10.5 Å². The summed E-state index contributed by atoms with van der Waals surface area (Å²) in [5.41, 5.74) is 3.05. The van der Waals surface area contributed by atoms with E-state index in [1.165, 1.54) is 11.8 Å². The van der Waals surface area contributed by atoms with E-state index >= 15 is 0 Å². The van der Waals surface area contributed by atoms with Crippen LogP contribution in [0.3, 0.4) is 0 Å². The summed E-state index contributed by atoms with van der Waals surface area (Å²) in [5.74, 6) is -0.406. The number of halogens is 1. The number of thioether (sulfide) groups is 1. The zero-order valence-electron chi connectivity index (χ0n) is 10.3. The molecule has 1 unspecified atom stereocenters. The van der Waals surface area contributed by atoms with Crippen LogP contribution in [0.5, 0.6) is 0 Å². The third-order valence-corrected chi connectivity index (χ3v) is 4.76. The highest BCUT2D eigenvalue weighted by atomic mass is 35.5. The summed E-state index contributed by atoms with van der Waals surface area (Å²) in [6, 6.07) is 1.97. The van der Waals surface area contributed by atoms with Crippen molar-refractivity contribution in [1.29, 1.82) is 0 Å². The van der Waals surface area contributed by atoms with E-state index in [1.54, 1.807) is 0 Å². The van der Waals surface area contributed by atoms with Crippen molar-refractivity contribution in [3.63, 3.8) is 0 Å². The highest BCUT2D eigenvalue weighted by Gasteiger charge is 2.38. The molecule has 2 aliphatic rings. The SMILES string of the molecule is CSc1c(Cl)cc2c(c1C1OC(=O)NC1=O)CCC2. The van der Waals surface area contributed by atoms with Crippen molar-refractivity contribution >= 4 is 35.4 Å². The van der Waals surface area contributed by atoms with Gasteiger partial charge in [-0.1, -0.05) is 11.6 Å². The Labute approximate surface area is 119 Å². The summed E-state index contributed by atoms with van der Waals surface area (Å²) in [6.07, 6.45) is 3.25. The number of alkyl carbamates (subject to hydrolysis) is 1. The first-order valence-corrected chi connectivity index (χ1v) is 7.61. The maximum atomic E-state index is 11.9. The van der Waals surface area contributed by atoms with Gasteiger partial charge >= 0.3 is 6.09 Å². The molecule has 0 saturated carbocycles. The van der Waals surface area contributed by atoms with E-state index in [1.807, 2.05) is 12.3 Å². The van der Waals surface area contributed by atoms with Crippen LogP contribution in [0.25, 0.3) is 0 Å². The van der Waals surface area contributed by atoms with E-state index < -0.39 is 18.1 Å². The van der Waals surface area contributed by atoms with Crippen molar-refractivity contribution in [2.24, 2.45) is 0 Å². The summed E-state index contributed by atoms with van der Waals surface area (Å²) in [4.78, 5) is 23.9. The molecule has 1 aromatic carbocycles. The molecule has 0 spiro atoms. The Morgan fingerprint density at radius 1 is 1.42 bits per heavy atom. The number of imide groups is 1. The number of hydrogen-bond donors (Lipinski definition) is 1. The number of amides is 2.